The Balaban J connectivity index is 2.17. The summed E-state index contributed by atoms with van der Waals surface area (Å²) in [6.07, 6.45) is 0. The van der Waals surface area contributed by atoms with Gasteiger partial charge in [0.25, 0.3) is 11.7 Å². The first-order valence-corrected chi connectivity index (χ1v) is 6.80. The number of hydrogen-bond acceptors (Lipinski definition) is 3. The predicted molar refractivity (Wildman–Crippen MR) is 75.4 cm³/mol. The number of nitrogens with one attached hydrogen (secondary N) is 1. The smallest absolute Gasteiger partial charge is 0.299 e. The second-order valence-corrected chi connectivity index (χ2v) is 5.55. The monoisotopic (exact) mass is 278 g/mol. The molecule has 0 saturated heterocycles. The molecule has 1 unspecified atom stereocenters. The summed E-state index contributed by atoms with van der Waals surface area (Å²) in [5.74, 6) is -1.66. The highest BCUT2D eigenvalue weighted by Gasteiger charge is 2.38. The lowest BCUT2D eigenvalue weighted by molar-refractivity contribution is -0.114. The highest BCUT2D eigenvalue weighted by Crippen LogP contribution is 2.32. The lowest BCUT2D eigenvalue weighted by Crippen LogP contribution is -2.38. The maximum atomic E-state index is 13.9. The normalized spacial score (nSPS) is 15.9. The van der Waals surface area contributed by atoms with E-state index in [1.165, 1.54) is 23.1 Å². The van der Waals surface area contributed by atoms with Crippen molar-refractivity contribution in [2.75, 3.05) is 18.0 Å². The van der Waals surface area contributed by atoms with Crippen molar-refractivity contribution in [2.24, 2.45) is 5.92 Å². The minimum Gasteiger partial charge on any atom is -0.314 e. The zero-order valence-electron chi connectivity index (χ0n) is 11.9. The lowest BCUT2D eigenvalue weighted by atomic mass is 10.1. The third kappa shape index (κ3) is 2.72. The van der Waals surface area contributed by atoms with E-state index in [1.54, 1.807) is 0 Å². The first kappa shape index (κ1) is 14.7. The number of Topliss-reactive ketones (excluding diaryl/α,β-unsaturated/α-hetero) is 1. The van der Waals surface area contributed by atoms with Crippen molar-refractivity contribution in [3.05, 3.63) is 29.6 Å². The van der Waals surface area contributed by atoms with Gasteiger partial charge >= 0.3 is 0 Å². The highest BCUT2D eigenvalue weighted by atomic mass is 19.1. The van der Waals surface area contributed by atoms with Crippen LogP contribution in [0.25, 0.3) is 0 Å². The van der Waals surface area contributed by atoms with Crippen LogP contribution in [0.5, 0.6) is 0 Å². The maximum Gasteiger partial charge on any atom is 0.299 e. The molecule has 108 valence electrons. The number of anilines is 1. The molecule has 0 saturated carbocycles. The van der Waals surface area contributed by atoms with Crippen molar-refractivity contribution in [3.63, 3.8) is 0 Å². The van der Waals surface area contributed by atoms with Gasteiger partial charge < -0.3 is 10.2 Å². The average molecular weight is 278 g/mol. The van der Waals surface area contributed by atoms with Gasteiger partial charge in [-0.25, -0.2) is 4.39 Å². The molecule has 1 heterocycles. The van der Waals surface area contributed by atoms with E-state index in [9.17, 15) is 14.0 Å². The van der Waals surface area contributed by atoms with Gasteiger partial charge in [-0.15, -0.1) is 0 Å². The van der Waals surface area contributed by atoms with Gasteiger partial charge in [0.15, 0.2) is 0 Å². The third-order valence-electron chi connectivity index (χ3n) is 3.31. The number of hydrogen-bond donors (Lipinski definition) is 1. The maximum absolute atomic E-state index is 13.9. The second-order valence-electron chi connectivity index (χ2n) is 5.55. The molecule has 1 aliphatic heterocycles. The standard InChI is InChI=1S/C15H19FN2O2/c1-9(2)17-7-10(3)8-18-13-11(14(19)15(18)20)5-4-6-12(13)16/h4-6,9-10,17H,7-8H2,1-3H3. The van der Waals surface area contributed by atoms with Crippen LogP contribution in [0.1, 0.15) is 31.1 Å². The molecule has 1 atom stereocenters. The van der Waals surface area contributed by atoms with Crippen LogP contribution in [-0.2, 0) is 4.79 Å². The Morgan fingerprint density at radius 3 is 2.60 bits per heavy atom. The number of halogens is 1. The molecule has 1 aromatic carbocycles. The minimum absolute atomic E-state index is 0.124. The summed E-state index contributed by atoms with van der Waals surface area (Å²) < 4.78 is 13.9. The van der Waals surface area contributed by atoms with Gasteiger partial charge in [0, 0.05) is 12.6 Å². The van der Waals surface area contributed by atoms with Crippen molar-refractivity contribution >= 4 is 17.4 Å². The van der Waals surface area contributed by atoms with Gasteiger partial charge in [0.1, 0.15) is 5.82 Å². The summed E-state index contributed by atoms with van der Waals surface area (Å²) in [7, 11) is 0. The summed E-state index contributed by atoms with van der Waals surface area (Å²) >= 11 is 0. The van der Waals surface area contributed by atoms with Crippen molar-refractivity contribution in [1.82, 2.24) is 5.32 Å². The van der Waals surface area contributed by atoms with Crippen LogP contribution in [-0.4, -0.2) is 30.8 Å². The Hall–Kier alpha value is -1.75. The molecule has 1 aromatic rings. The van der Waals surface area contributed by atoms with Gasteiger partial charge in [-0.05, 0) is 24.6 Å². The minimum atomic E-state index is -0.638. The molecule has 0 fully saturated rings. The molecule has 4 nitrogen and oxygen atoms in total. The predicted octanol–water partition coefficient (Wildman–Crippen LogP) is 1.99. The van der Waals surface area contributed by atoms with Crippen LogP contribution < -0.4 is 10.2 Å². The molecule has 20 heavy (non-hydrogen) atoms. The van der Waals surface area contributed by atoms with Crippen LogP contribution >= 0.6 is 0 Å². The van der Waals surface area contributed by atoms with Gasteiger partial charge in [-0.3, -0.25) is 9.59 Å². The topological polar surface area (TPSA) is 49.4 Å². The fourth-order valence-corrected chi connectivity index (χ4v) is 2.30. The molecule has 0 bridgehead atoms. The van der Waals surface area contributed by atoms with E-state index in [2.05, 4.69) is 5.32 Å². The van der Waals surface area contributed by atoms with Crippen molar-refractivity contribution in [1.29, 1.82) is 0 Å². The van der Waals surface area contributed by atoms with E-state index in [0.717, 1.165) is 0 Å². The number of carbonyl (C=O) groups is 2. The first-order chi connectivity index (χ1) is 9.41. The summed E-state index contributed by atoms with van der Waals surface area (Å²) in [5, 5.41) is 3.27. The van der Waals surface area contributed by atoms with E-state index in [4.69, 9.17) is 0 Å². The van der Waals surface area contributed by atoms with Crippen molar-refractivity contribution in [3.8, 4) is 0 Å². The van der Waals surface area contributed by atoms with Gasteiger partial charge in [-0.1, -0.05) is 26.8 Å². The van der Waals surface area contributed by atoms with E-state index in [-0.39, 0.29) is 17.2 Å². The fraction of sp³-hybridized carbons (Fsp3) is 0.467. The molecule has 0 aromatic heterocycles. The van der Waals surface area contributed by atoms with Crippen molar-refractivity contribution in [2.45, 2.75) is 26.8 Å². The summed E-state index contributed by atoms with van der Waals surface area (Å²) in [5.41, 5.74) is 0.290. The third-order valence-corrected chi connectivity index (χ3v) is 3.31. The number of ketones is 1. The second kappa shape index (κ2) is 5.71. The molecular weight excluding hydrogens is 259 g/mol. The van der Waals surface area contributed by atoms with E-state index < -0.39 is 17.5 Å². The Bertz CT molecular complexity index is 543. The number of carbonyl (C=O) groups excluding carboxylic acids is 2. The Kier molecular flexibility index (Phi) is 4.18. The quantitative estimate of drug-likeness (QED) is 0.838. The van der Waals surface area contributed by atoms with E-state index >= 15 is 0 Å². The van der Waals surface area contributed by atoms with Crippen LogP contribution in [0.3, 0.4) is 0 Å². The molecule has 5 heteroatoms. The number of benzene rings is 1. The number of fused-ring (bicyclic) bond motifs is 1. The van der Waals surface area contributed by atoms with Crippen LogP contribution in [0.15, 0.2) is 18.2 Å². The van der Waals surface area contributed by atoms with Crippen LogP contribution in [0.4, 0.5) is 10.1 Å². The van der Waals surface area contributed by atoms with Gasteiger partial charge in [0.2, 0.25) is 0 Å². The molecule has 1 N–H and O–H groups in total. The van der Waals surface area contributed by atoms with Crippen molar-refractivity contribution < 1.29 is 14.0 Å². The summed E-state index contributed by atoms with van der Waals surface area (Å²) in [6.45, 7) is 7.07. The molecular formula is C15H19FN2O2. The van der Waals surface area contributed by atoms with E-state index in [0.29, 0.717) is 19.1 Å². The molecule has 0 aliphatic carbocycles. The van der Waals surface area contributed by atoms with E-state index in [1.807, 2.05) is 20.8 Å². The highest BCUT2D eigenvalue weighted by molar-refractivity contribution is 6.52. The number of nitrogens with zero attached hydrogens (tertiary/aromatic N) is 1. The molecule has 2 rings (SSSR count). The van der Waals surface area contributed by atoms with Gasteiger partial charge in [-0.2, -0.15) is 0 Å². The zero-order valence-corrected chi connectivity index (χ0v) is 11.9. The lowest BCUT2D eigenvalue weighted by Gasteiger charge is -2.22. The SMILES string of the molecule is CC(CNC(C)C)CN1C(=O)C(=O)c2cccc(F)c21. The fourth-order valence-electron chi connectivity index (χ4n) is 2.30. The first-order valence-electron chi connectivity index (χ1n) is 6.80. The molecule has 0 spiro atoms. The molecule has 1 aliphatic rings. The summed E-state index contributed by atoms with van der Waals surface area (Å²) in [4.78, 5) is 25.1. The number of rotatable bonds is 5. The Morgan fingerprint density at radius 2 is 1.95 bits per heavy atom. The Morgan fingerprint density at radius 1 is 1.25 bits per heavy atom. The summed E-state index contributed by atoms with van der Waals surface area (Å²) in [6, 6.07) is 4.56. The zero-order chi connectivity index (χ0) is 14.9. The van der Waals surface area contributed by atoms with Gasteiger partial charge in [0.05, 0.1) is 11.3 Å². The number of para-hydroxylation sites is 1. The van der Waals surface area contributed by atoms with Crippen LogP contribution in [0.2, 0.25) is 0 Å². The number of amides is 1. The molecule has 1 amide bonds. The average Bonchev–Trinajstić information content (AvgIpc) is 2.63. The largest absolute Gasteiger partial charge is 0.314 e. The van der Waals surface area contributed by atoms with Crippen LogP contribution in [0, 0.1) is 11.7 Å². The molecule has 0 radical (unpaired) electrons. The Labute approximate surface area is 118 Å².